The summed E-state index contributed by atoms with van der Waals surface area (Å²) in [6.45, 7) is 0.437. The predicted molar refractivity (Wildman–Crippen MR) is 133 cm³/mol. The zero-order valence-electron chi connectivity index (χ0n) is 18.2. The molecule has 34 heavy (non-hydrogen) atoms. The average Bonchev–Trinajstić information content (AvgIpc) is 3.02. The van der Waals surface area contributed by atoms with Gasteiger partial charge in [0.2, 0.25) is 10.0 Å². The number of nitrogens with one attached hydrogen (secondary N) is 2. The molecule has 2 amide bonds. The monoisotopic (exact) mass is 498 g/mol. The van der Waals surface area contributed by atoms with E-state index >= 15 is 0 Å². The Labute approximate surface area is 203 Å². The number of rotatable bonds is 5. The van der Waals surface area contributed by atoms with Crippen LogP contribution < -0.4 is 14.9 Å². The Morgan fingerprint density at radius 2 is 1.68 bits per heavy atom. The molecule has 4 rings (SSSR count). The first kappa shape index (κ1) is 23.7. The van der Waals surface area contributed by atoms with Crippen LogP contribution in [0.4, 0.5) is 17.1 Å². The molecule has 3 aromatic rings. The molecule has 0 aliphatic carbocycles. The number of carbonyl (C=O) groups excluding carboxylic acids is 2. The molecule has 2 aromatic carbocycles. The van der Waals surface area contributed by atoms with Crippen molar-refractivity contribution in [1.29, 1.82) is 0 Å². The molecule has 0 radical (unpaired) electrons. The minimum absolute atomic E-state index is 0.130. The first-order valence-corrected chi connectivity index (χ1v) is 12.7. The van der Waals surface area contributed by atoms with E-state index in [0.717, 1.165) is 12.8 Å². The third kappa shape index (κ3) is 5.55. The maximum Gasteiger partial charge on any atom is 0.257 e. The number of pyridine rings is 1. The van der Waals surface area contributed by atoms with E-state index < -0.39 is 10.0 Å². The van der Waals surface area contributed by atoms with Crippen molar-refractivity contribution in [2.75, 3.05) is 27.2 Å². The number of carbonyl (C=O) groups is 2. The minimum atomic E-state index is -3.35. The van der Waals surface area contributed by atoms with E-state index in [1.807, 2.05) is 0 Å². The van der Waals surface area contributed by atoms with Gasteiger partial charge in [0, 0.05) is 30.2 Å². The first-order valence-electron chi connectivity index (χ1n) is 10.8. The highest BCUT2D eigenvalue weighted by atomic mass is 35.5. The van der Waals surface area contributed by atoms with E-state index in [2.05, 4.69) is 15.6 Å². The van der Waals surface area contributed by atoms with E-state index in [1.165, 1.54) is 10.5 Å². The van der Waals surface area contributed by atoms with Gasteiger partial charge >= 0.3 is 0 Å². The van der Waals surface area contributed by atoms with Crippen LogP contribution in [0.25, 0.3) is 0 Å². The number of hydrogen-bond donors (Lipinski definition) is 2. The van der Waals surface area contributed by atoms with Gasteiger partial charge in [-0.1, -0.05) is 18.0 Å². The summed E-state index contributed by atoms with van der Waals surface area (Å²) in [5, 5.41) is 5.80. The molecule has 8 nitrogen and oxygen atoms in total. The molecule has 176 valence electrons. The smallest absolute Gasteiger partial charge is 0.257 e. The van der Waals surface area contributed by atoms with Crippen molar-refractivity contribution in [2.24, 2.45) is 0 Å². The lowest BCUT2D eigenvalue weighted by molar-refractivity contribution is 0.101. The van der Waals surface area contributed by atoms with Crippen molar-refractivity contribution in [2.45, 2.75) is 19.3 Å². The SMILES string of the molecule is O=C(Nc1ccc(Cl)c(NC(=O)c2cccnc2)c1)c1ccc(N2CCCCCS2(=O)=O)cc1. The molecule has 2 N–H and O–H groups in total. The number of halogens is 1. The van der Waals surface area contributed by atoms with Crippen LogP contribution >= 0.6 is 11.6 Å². The zero-order chi connectivity index (χ0) is 24.1. The predicted octanol–water partition coefficient (Wildman–Crippen LogP) is 4.56. The van der Waals surface area contributed by atoms with Crippen molar-refractivity contribution in [3.63, 3.8) is 0 Å². The number of benzene rings is 2. The molecule has 0 spiro atoms. The highest BCUT2D eigenvalue weighted by Gasteiger charge is 2.24. The van der Waals surface area contributed by atoms with Crippen LogP contribution in [0.2, 0.25) is 5.02 Å². The van der Waals surface area contributed by atoms with Gasteiger partial charge in [0.1, 0.15) is 0 Å². The summed E-state index contributed by atoms with van der Waals surface area (Å²) >= 11 is 6.21. The van der Waals surface area contributed by atoms with E-state index in [1.54, 1.807) is 60.8 Å². The van der Waals surface area contributed by atoms with E-state index in [0.29, 0.717) is 46.2 Å². The Balaban J connectivity index is 1.46. The van der Waals surface area contributed by atoms with Crippen LogP contribution in [0.3, 0.4) is 0 Å². The molecule has 1 aliphatic heterocycles. The fourth-order valence-electron chi connectivity index (χ4n) is 3.63. The van der Waals surface area contributed by atoms with Crippen LogP contribution in [-0.2, 0) is 10.0 Å². The second-order valence-corrected chi connectivity index (χ2v) is 10.3. The second kappa shape index (κ2) is 10.2. The lowest BCUT2D eigenvalue weighted by Gasteiger charge is -2.22. The quantitative estimate of drug-likeness (QED) is 0.536. The van der Waals surface area contributed by atoms with Crippen molar-refractivity contribution in [3.05, 3.63) is 83.1 Å². The summed E-state index contributed by atoms with van der Waals surface area (Å²) < 4.78 is 26.4. The minimum Gasteiger partial charge on any atom is -0.322 e. The molecule has 0 bridgehead atoms. The van der Waals surface area contributed by atoms with Crippen molar-refractivity contribution >= 4 is 50.5 Å². The molecule has 10 heteroatoms. The van der Waals surface area contributed by atoms with Crippen molar-refractivity contribution < 1.29 is 18.0 Å². The highest BCUT2D eigenvalue weighted by Crippen LogP contribution is 2.27. The van der Waals surface area contributed by atoms with Gasteiger partial charge in [-0.15, -0.1) is 0 Å². The lowest BCUT2D eigenvalue weighted by Crippen LogP contribution is -2.32. The topological polar surface area (TPSA) is 108 Å². The van der Waals surface area contributed by atoms with Gasteiger partial charge < -0.3 is 10.6 Å². The Morgan fingerprint density at radius 1 is 0.912 bits per heavy atom. The molecule has 1 aliphatic rings. The number of nitrogens with zero attached hydrogens (tertiary/aromatic N) is 2. The molecule has 1 saturated heterocycles. The van der Waals surface area contributed by atoms with Gasteiger partial charge in [-0.2, -0.15) is 0 Å². The van der Waals surface area contributed by atoms with Crippen LogP contribution in [0.5, 0.6) is 0 Å². The zero-order valence-corrected chi connectivity index (χ0v) is 19.8. The van der Waals surface area contributed by atoms with Crippen LogP contribution in [0.1, 0.15) is 40.0 Å². The molecule has 0 atom stereocenters. The van der Waals surface area contributed by atoms with Gasteiger partial charge in [-0.3, -0.25) is 18.9 Å². The number of aromatic nitrogens is 1. The fraction of sp³-hybridized carbons (Fsp3) is 0.208. The van der Waals surface area contributed by atoms with Crippen molar-refractivity contribution in [3.8, 4) is 0 Å². The average molecular weight is 499 g/mol. The molecule has 0 unspecified atom stereocenters. The Kier molecular flexibility index (Phi) is 7.14. The standard InChI is InChI=1S/C24H23ClN4O4S/c25-21-11-8-19(15-22(21)28-24(31)18-5-4-12-26-16-18)27-23(30)17-6-9-20(10-7-17)29-13-2-1-3-14-34(29,32)33/h4-12,15-16H,1-3,13-14H2,(H,27,30)(H,28,31). The Morgan fingerprint density at radius 3 is 2.41 bits per heavy atom. The van der Waals surface area contributed by atoms with Crippen molar-refractivity contribution in [1.82, 2.24) is 4.98 Å². The van der Waals surface area contributed by atoms with Gasteiger partial charge in [-0.05, 0) is 67.4 Å². The summed E-state index contributed by atoms with van der Waals surface area (Å²) in [4.78, 5) is 29.1. The molecule has 1 aromatic heterocycles. The Bertz CT molecular complexity index is 1300. The van der Waals surface area contributed by atoms with Gasteiger partial charge in [0.05, 0.1) is 27.7 Å². The normalized spacial score (nSPS) is 15.3. The van der Waals surface area contributed by atoms with Crippen LogP contribution in [-0.4, -0.2) is 37.5 Å². The first-order chi connectivity index (χ1) is 16.3. The maximum absolute atomic E-state index is 12.8. The van der Waals surface area contributed by atoms with Gasteiger partial charge in [0.15, 0.2) is 0 Å². The maximum atomic E-state index is 12.8. The number of anilines is 3. The van der Waals surface area contributed by atoms with Crippen LogP contribution in [0, 0.1) is 0 Å². The summed E-state index contributed by atoms with van der Waals surface area (Å²) in [7, 11) is -3.35. The second-order valence-electron chi connectivity index (χ2n) is 7.84. The summed E-state index contributed by atoms with van der Waals surface area (Å²) in [6.07, 6.45) is 5.35. The van der Waals surface area contributed by atoms with Crippen LogP contribution in [0.15, 0.2) is 67.0 Å². The van der Waals surface area contributed by atoms with Gasteiger partial charge in [0.25, 0.3) is 11.8 Å². The summed E-state index contributed by atoms with van der Waals surface area (Å²) in [5.41, 5.74) is 2.07. The number of amides is 2. The Hall–Kier alpha value is -3.43. The van der Waals surface area contributed by atoms with Gasteiger partial charge in [-0.25, -0.2) is 8.42 Å². The molecule has 1 fully saturated rings. The molecular weight excluding hydrogens is 476 g/mol. The summed E-state index contributed by atoms with van der Waals surface area (Å²) in [5.74, 6) is -0.625. The fourth-order valence-corrected chi connectivity index (χ4v) is 5.43. The number of hydrogen-bond acceptors (Lipinski definition) is 5. The molecule has 0 saturated carbocycles. The largest absolute Gasteiger partial charge is 0.322 e. The van der Waals surface area contributed by atoms with E-state index in [-0.39, 0.29) is 17.6 Å². The van der Waals surface area contributed by atoms with E-state index in [9.17, 15) is 18.0 Å². The highest BCUT2D eigenvalue weighted by molar-refractivity contribution is 7.92. The lowest BCUT2D eigenvalue weighted by atomic mass is 10.1. The molecular formula is C24H23ClN4O4S. The third-order valence-corrected chi connectivity index (χ3v) is 7.61. The molecule has 2 heterocycles. The summed E-state index contributed by atoms with van der Waals surface area (Å²) in [6, 6.07) is 14.5. The number of sulfonamides is 1. The third-order valence-electron chi connectivity index (χ3n) is 5.41. The van der Waals surface area contributed by atoms with E-state index in [4.69, 9.17) is 11.6 Å².